The van der Waals surface area contributed by atoms with Gasteiger partial charge in [0.25, 0.3) is 5.91 Å². The number of thiophene rings is 1. The van der Waals surface area contributed by atoms with Gasteiger partial charge in [0.2, 0.25) is 0 Å². The lowest BCUT2D eigenvalue weighted by atomic mass is 10.3. The summed E-state index contributed by atoms with van der Waals surface area (Å²) < 4.78 is 1.04. The van der Waals surface area contributed by atoms with E-state index in [9.17, 15) is 14.9 Å². The van der Waals surface area contributed by atoms with Gasteiger partial charge in [0.05, 0.1) is 20.0 Å². The number of thiazole rings is 1. The molecule has 7 nitrogen and oxygen atoms in total. The van der Waals surface area contributed by atoms with Gasteiger partial charge in [-0.15, -0.1) is 0 Å². The molecule has 2 aromatic heterocycles. The molecule has 10 heteroatoms. The molecular weight excluding hydrogens is 396 g/mol. The fourth-order valence-electron chi connectivity index (χ4n) is 2.82. The molecule has 0 radical (unpaired) electrons. The number of carbonyl (C=O) groups is 1. The number of rotatable bonds is 3. The number of hydrogen-bond acceptors (Lipinski definition) is 7. The summed E-state index contributed by atoms with van der Waals surface area (Å²) >= 11 is 8.53. The van der Waals surface area contributed by atoms with Gasteiger partial charge in [0.1, 0.15) is 0 Å². The normalized spacial score (nSPS) is 14.8. The van der Waals surface area contributed by atoms with Gasteiger partial charge in [-0.3, -0.25) is 14.9 Å². The summed E-state index contributed by atoms with van der Waals surface area (Å²) in [6.07, 6.45) is 0. The van der Waals surface area contributed by atoms with Crippen molar-refractivity contribution >= 4 is 60.5 Å². The van der Waals surface area contributed by atoms with Crippen LogP contribution in [0.1, 0.15) is 9.67 Å². The average Bonchev–Trinajstić information content (AvgIpc) is 3.28. The molecule has 0 unspecified atom stereocenters. The first-order valence-electron chi connectivity index (χ1n) is 7.86. The first-order chi connectivity index (χ1) is 12.5. The molecule has 0 aliphatic carbocycles. The summed E-state index contributed by atoms with van der Waals surface area (Å²) in [5.74, 6) is -0.154. The molecule has 0 N–H and O–H groups in total. The molecule has 26 heavy (non-hydrogen) atoms. The van der Waals surface area contributed by atoms with Gasteiger partial charge in [0, 0.05) is 37.3 Å². The van der Waals surface area contributed by atoms with E-state index in [1.54, 1.807) is 16.2 Å². The molecule has 1 fully saturated rings. The molecule has 3 aromatic rings. The molecule has 1 saturated heterocycles. The predicted molar refractivity (Wildman–Crippen MR) is 104 cm³/mol. The van der Waals surface area contributed by atoms with Crippen LogP contribution in [-0.2, 0) is 0 Å². The number of nitro groups is 1. The standard InChI is InChI=1S/C16H13ClN4O3S2/c17-10-1-2-11-13(9-10)26-16(18-11)20-7-5-19(6-8-20)15(22)12-3-4-14(25-12)21(23)24/h1-4,9H,5-8H2. The zero-order chi connectivity index (χ0) is 18.3. The molecule has 0 bridgehead atoms. The highest BCUT2D eigenvalue weighted by Crippen LogP contribution is 2.31. The zero-order valence-electron chi connectivity index (χ0n) is 13.4. The average molecular weight is 409 g/mol. The molecule has 4 rings (SSSR count). The van der Waals surface area contributed by atoms with Crippen molar-refractivity contribution in [1.29, 1.82) is 0 Å². The van der Waals surface area contributed by atoms with Crippen LogP contribution in [0.25, 0.3) is 10.2 Å². The Hall–Kier alpha value is -2.23. The minimum Gasteiger partial charge on any atom is -0.345 e. The molecule has 1 amide bonds. The second-order valence-corrected chi connectivity index (χ2v) is 8.29. The van der Waals surface area contributed by atoms with Crippen LogP contribution in [0.5, 0.6) is 0 Å². The maximum Gasteiger partial charge on any atom is 0.324 e. The molecule has 3 heterocycles. The van der Waals surface area contributed by atoms with Crippen LogP contribution < -0.4 is 4.90 Å². The Morgan fingerprint density at radius 2 is 1.92 bits per heavy atom. The van der Waals surface area contributed by atoms with Gasteiger partial charge in [0.15, 0.2) is 5.13 Å². The lowest BCUT2D eigenvalue weighted by Gasteiger charge is -2.34. The van der Waals surface area contributed by atoms with E-state index in [0.29, 0.717) is 36.1 Å². The van der Waals surface area contributed by atoms with Gasteiger partial charge in [-0.25, -0.2) is 4.98 Å². The molecule has 0 spiro atoms. The summed E-state index contributed by atoms with van der Waals surface area (Å²) in [6, 6.07) is 8.53. The molecule has 1 aliphatic rings. The maximum atomic E-state index is 12.5. The number of carbonyl (C=O) groups excluding carboxylic acids is 1. The largest absolute Gasteiger partial charge is 0.345 e. The fourth-order valence-corrected chi connectivity index (χ4v) is 4.90. The summed E-state index contributed by atoms with van der Waals surface area (Å²) in [5.41, 5.74) is 0.916. The van der Waals surface area contributed by atoms with Crippen molar-refractivity contribution < 1.29 is 9.72 Å². The Kier molecular flexibility index (Phi) is 4.51. The van der Waals surface area contributed by atoms with E-state index in [-0.39, 0.29) is 10.9 Å². The predicted octanol–water partition coefficient (Wildman–Crippen LogP) is 3.88. The van der Waals surface area contributed by atoms with Crippen LogP contribution in [0, 0.1) is 10.1 Å². The van der Waals surface area contributed by atoms with E-state index in [4.69, 9.17) is 11.6 Å². The van der Waals surface area contributed by atoms with Gasteiger partial charge < -0.3 is 9.80 Å². The summed E-state index contributed by atoms with van der Waals surface area (Å²) in [6.45, 7) is 2.46. The van der Waals surface area contributed by atoms with Crippen molar-refractivity contribution in [2.75, 3.05) is 31.1 Å². The Balaban J connectivity index is 1.44. The van der Waals surface area contributed by atoms with E-state index < -0.39 is 4.92 Å². The van der Waals surface area contributed by atoms with Crippen LogP contribution in [-0.4, -0.2) is 46.9 Å². The molecule has 1 aromatic carbocycles. The molecule has 0 atom stereocenters. The highest BCUT2D eigenvalue weighted by Gasteiger charge is 2.26. The third kappa shape index (κ3) is 3.25. The number of benzene rings is 1. The lowest BCUT2D eigenvalue weighted by Crippen LogP contribution is -2.48. The molecule has 134 valence electrons. The van der Waals surface area contributed by atoms with Crippen molar-refractivity contribution in [2.45, 2.75) is 0 Å². The Bertz CT molecular complexity index is 994. The molecular formula is C16H13ClN4O3S2. The number of amides is 1. The Morgan fingerprint density at radius 3 is 2.62 bits per heavy atom. The van der Waals surface area contributed by atoms with E-state index in [1.165, 1.54) is 12.1 Å². The summed E-state index contributed by atoms with van der Waals surface area (Å²) in [5, 5.41) is 12.4. The van der Waals surface area contributed by atoms with Crippen LogP contribution in [0.15, 0.2) is 30.3 Å². The van der Waals surface area contributed by atoms with Gasteiger partial charge in [-0.1, -0.05) is 34.3 Å². The van der Waals surface area contributed by atoms with E-state index in [2.05, 4.69) is 9.88 Å². The number of nitrogens with zero attached hydrogens (tertiary/aromatic N) is 4. The van der Waals surface area contributed by atoms with Crippen molar-refractivity contribution in [3.63, 3.8) is 0 Å². The van der Waals surface area contributed by atoms with Crippen molar-refractivity contribution in [3.05, 3.63) is 50.3 Å². The van der Waals surface area contributed by atoms with Crippen LogP contribution in [0.4, 0.5) is 10.1 Å². The zero-order valence-corrected chi connectivity index (χ0v) is 15.8. The number of anilines is 1. The van der Waals surface area contributed by atoms with Gasteiger partial charge >= 0.3 is 5.00 Å². The highest BCUT2D eigenvalue weighted by molar-refractivity contribution is 7.22. The number of piperazine rings is 1. The smallest absolute Gasteiger partial charge is 0.324 e. The number of fused-ring (bicyclic) bond motifs is 1. The first-order valence-corrected chi connectivity index (χ1v) is 9.87. The van der Waals surface area contributed by atoms with Crippen molar-refractivity contribution in [2.24, 2.45) is 0 Å². The lowest BCUT2D eigenvalue weighted by molar-refractivity contribution is -0.380. The van der Waals surface area contributed by atoms with E-state index in [1.807, 2.05) is 18.2 Å². The van der Waals surface area contributed by atoms with Crippen molar-refractivity contribution in [3.8, 4) is 0 Å². The Morgan fingerprint density at radius 1 is 1.15 bits per heavy atom. The van der Waals surface area contributed by atoms with Crippen molar-refractivity contribution in [1.82, 2.24) is 9.88 Å². The minimum atomic E-state index is -0.473. The third-order valence-corrected chi connectivity index (χ3v) is 6.50. The van der Waals surface area contributed by atoms with Gasteiger partial charge in [-0.05, 0) is 24.3 Å². The summed E-state index contributed by atoms with van der Waals surface area (Å²) in [4.78, 5) is 31.8. The summed E-state index contributed by atoms with van der Waals surface area (Å²) in [7, 11) is 0. The van der Waals surface area contributed by atoms with Gasteiger partial charge in [-0.2, -0.15) is 0 Å². The van der Waals surface area contributed by atoms with E-state index in [0.717, 1.165) is 26.7 Å². The minimum absolute atomic E-state index is 0.0138. The SMILES string of the molecule is O=C(c1ccc([N+](=O)[O-])s1)N1CCN(c2nc3ccc(Cl)cc3s2)CC1. The number of aromatic nitrogens is 1. The monoisotopic (exact) mass is 408 g/mol. The molecule has 1 aliphatic heterocycles. The second-order valence-electron chi connectivity index (χ2n) is 5.78. The second kappa shape index (κ2) is 6.82. The van der Waals surface area contributed by atoms with Crippen LogP contribution in [0.2, 0.25) is 5.02 Å². The Labute approximate surface area is 161 Å². The maximum absolute atomic E-state index is 12.5. The number of hydrogen-bond donors (Lipinski definition) is 0. The third-order valence-electron chi connectivity index (χ3n) is 4.16. The molecule has 0 saturated carbocycles. The number of halogens is 1. The van der Waals surface area contributed by atoms with Crippen LogP contribution in [0.3, 0.4) is 0 Å². The quantitative estimate of drug-likeness (QED) is 0.485. The van der Waals surface area contributed by atoms with Crippen LogP contribution >= 0.6 is 34.3 Å². The highest BCUT2D eigenvalue weighted by atomic mass is 35.5. The van der Waals surface area contributed by atoms with E-state index >= 15 is 0 Å². The first kappa shape index (κ1) is 17.2. The fraction of sp³-hybridized carbons (Fsp3) is 0.250. The topological polar surface area (TPSA) is 79.6 Å².